The van der Waals surface area contributed by atoms with Crippen LogP contribution in [0.5, 0.6) is 0 Å². The minimum absolute atomic E-state index is 0.508. The standard InChI is InChI=1S/C9H12ClN/c1-3-7(2)8-5-4-6-9(10)11-8/h4-7H,3H2,1-2H3. The molecule has 0 spiro atoms. The van der Waals surface area contributed by atoms with Crippen molar-refractivity contribution in [2.45, 2.75) is 26.2 Å². The first-order chi connectivity index (χ1) is 5.24. The van der Waals surface area contributed by atoms with Crippen LogP contribution in [0, 0.1) is 0 Å². The summed E-state index contributed by atoms with van der Waals surface area (Å²) in [5.74, 6) is 0.508. The summed E-state index contributed by atoms with van der Waals surface area (Å²) >= 11 is 5.73. The van der Waals surface area contributed by atoms with Crippen LogP contribution in [-0.2, 0) is 0 Å². The van der Waals surface area contributed by atoms with Gasteiger partial charge in [0.1, 0.15) is 5.15 Å². The van der Waals surface area contributed by atoms with Gasteiger partial charge in [-0.2, -0.15) is 0 Å². The molecule has 1 nitrogen and oxygen atoms in total. The van der Waals surface area contributed by atoms with Crippen LogP contribution < -0.4 is 0 Å². The molecule has 0 aliphatic rings. The number of rotatable bonds is 2. The van der Waals surface area contributed by atoms with Crippen molar-refractivity contribution in [2.24, 2.45) is 0 Å². The van der Waals surface area contributed by atoms with E-state index in [2.05, 4.69) is 18.8 Å². The van der Waals surface area contributed by atoms with Gasteiger partial charge in [-0.3, -0.25) is 0 Å². The van der Waals surface area contributed by atoms with Crippen LogP contribution in [0.25, 0.3) is 0 Å². The number of hydrogen-bond acceptors (Lipinski definition) is 1. The molecule has 1 heterocycles. The lowest BCUT2D eigenvalue weighted by Gasteiger charge is -2.06. The lowest BCUT2D eigenvalue weighted by molar-refractivity contribution is 0.708. The zero-order chi connectivity index (χ0) is 8.27. The van der Waals surface area contributed by atoms with Gasteiger partial charge >= 0.3 is 0 Å². The Morgan fingerprint density at radius 2 is 2.27 bits per heavy atom. The average Bonchev–Trinajstić information content (AvgIpc) is 2.03. The fraction of sp³-hybridized carbons (Fsp3) is 0.444. The van der Waals surface area contributed by atoms with Gasteiger partial charge in [0.05, 0.1) is 0 Å². The fourth-order valence-corrected chi connectivity index (χ4v) is 1.08. The van der Waals surface area contributed by atoms with E-state index in [1.165, 1.54) is 0 Å². The van der Waals surface area contributed by atoms with Crippen LogP contribution >= 0.6 is 11.6 Å². The number of aromatic nitrogens is 1. The summed E-state index contributed by atoms with van der Waals surface area (Å²) in [4.78, 5) is 4.21. The second-order valence-electron chi connectivity index (χ2n) is 2.69. The molecule has 1 rings (SSSR count). The van der Waals surface area contributed by atoms with E-state index in [0.717, 1.165) is 12.1 Å². The van der Waals surface area contributed by atoms with Gasteiger partial charge in [-0.05, 0) is 24.5 Å². The van der Waals surface area contributed by atoms with Crippen molar-refractivity contribution < 1.29 is 0 Å². The molecule has 0 aromatic carbocycles. The highest BCUT2D eigenvalue weighted by Crippen LogP contribution is 2.17. The van der Waals surface area contributed by atoms with Gasteiger partial charge in [-0.25, -0.2) is 4.98 Å². The van der Waals surface area contributed by atoms with E-state index < -0.39 is 0 Å². The van der Waals surface area contributed by atoms with Crippen LogP contribution in [0.4, 0.5) is 0 Å². The summed E-state index contributed by atoms with van der Waals surface area (Å²) < 4.78 is 0. The summed E-state index contributed by atoms with van der Waals surface area (Å²) in [6, 6.07) is 5.75. The Kier molecular flexibility index (Phi) is 2.89. The molecule has 1 aromatic heterocycles. The zero-order valence-corrected chi connectivity index (χ0v) is 7.60. The maximum atomic E-state index is 5.73. The first kappa shape index (κ1) is 8.54. The van der Waals surface area contributed by atoms with Gasteiger partial charge in [0.15, 0.2) is 0 Å². The molecule has 1 atom stereocenters. The summed E-state index contributed by atoms with van der Waals surface area (Å²) in [6.45, 7) is 4.30. The number of hydrogen-bond donors (Lipinski definition) is 0. The van der Waals surface area contributed by atoms with Crippen LogP contribution in [0.1, 0.15) is 31.9 Å². The van der Waals surface area contributed by atoms with Gasteiger partial charge < -0.3 is 0 Å². The minimum Gasteiger partial charge on any atom is -0.241 e. The Morgan fingerprint density at radius 3 is 2.82 bits per heavy atom. The van der Waals surface area contributed by atoms with Crippen molar-refractivity contribution in [3.8, 4) is 0 Å². The van der Waals surface area contributed by atoms with Gasteiger partial charge in [-0.1, -0.05) is 31.5 Å². The third-order valence-electron chi connectivity index (χ3n) is 1.85. The highest BCUT2D eigenvalue weighted by atomic mass is 35.5. The van der Waals surface area contributed by atoms with E-state index in [1.54, 1.807) is 6.07 Å². The minimum atomic E-state index is 0.508. The molecule has 1 unspecified atom stereocenters. The van der Waals surface area contributed by atoms with Crippen molar-refractivity contribution >= 4 is 11.6 Å². The van der Waals surface area contributed by atoms with E-state index in [4.69, 9.17) is 11.6 Å². The molecule has 60 valence electrons. The molecule has 11 heavy (non-hydrogen) atoms. The second-order valence-corrected chi connectivity index (χ2v) is 3.08. The second kappa shape index (κ2) is 3.72. The monoisotopic (exact) mass is 169 g/mol. The molecule has 0 radical (unpaired) electrons. The van der Waals surface area contributed by atoms with Gasteiger partial charge in [0, 0.05) is 5.69 Å². The number of nitrogens with zero attached hydrogens (tertiary/aromatic N) is 1. The van der Waals surface area contributed by atoms with Crippen molar-refractivity contribution in [1.29, 1.82) is 0 Å². The molecule has 1 aromatic rings. The van der Waals surface area contributed by atoms with Crippen molar-refractivity contribution in [2.75, 3.05) is 0 Å². The summed E-state index contributed by atoms with van der Waals surface area (Å²) in [6.07, 6.45) is 1.10. The summed E-state index contributed by atoms with van der Waals surface area (Å²) in [5, 5.41) is 0.586. The largest absolute Gasteiger partial charge is 0.241 e. The molecule has 2 heteroatoms. The van der Waals surface area contributed by atoms with E-state index in [-0.39, 0.29) is 0 Å². The zero-order valence-electron chi connectivity index (χ0n) is 6.84. The maximum absolute atomic E-state index is 5.73. The Labute approximate surface area is 72.4 Å². The van der Waals surface area contributed by atoms with Crippen molar-refractivity contribution in [3.05, 3.63) is 29.0 Å². The average molecular weight is 170 g/mol. The predicted molar refractivity (Wildman–Crippen MR) is 48.0 cm³/mol. The lowest BCUT2D eigenvalue weighted by atomic mass is 10.1. The third-order valence-corrected chi connectivity index (χ3v) is 2.06. The molecule has 0 amide bonds. The first-order valence-corrected chi connectivity index (χ1v) is 4.24. The Balaban J connectivity index is 2.86. The Bertz CT molecular complexity index is 235. The molecular formula is C9H12ClN. The number of halogens is 1. The fourth-order valence-electron chi connectivity index (χ4n) is 0.908. The topological polar surface area (TPSA) is 12.9 Å². The SMILES string of the molecule is CCC(C)c1cccc(Cl)n1. The van der Waals surface area contributed by atoms with Crippen LogP contribution in [0.3, 0.4) is 0 Å². The van der Waals surface area contributed by atoms with E-state index in [1.807, 2.05) is 12.1 Å². The molecule has 0 aliphatic heterocycles. The quantitative estimate of drug-likeness (QED) is 0.620. The van der Waals surface area contributed by atoms with Gasteiger partial charge in [-0.15, -0.1) is 0 Å². The van der Waals surface area contributed by atoms with Crippen LogP contribution in [0.2, 0.25) is 5.15 Å². The predicted octanol–water partition coefficient (Wildman–Crippen LogP) is 3.25. The molecule has 0 N–H and O–H groups in total. The molecule has 0 aliphatic carbocycles. The molecule has 0 bridgehead atoms. The van der Waals surface area contributed by atoms with Gasteiger partial charge in [0.25, 0.3) is 0 Å². The molecular weight excluding hydrogens is 158 g/mol. The normalized spacial score (nSPS) is 13.0. The highest BCUT2D eigenvalue weighted by Gasteiger charge is 2.03. The van der Waals surface area contributed by atoms with Crippen LogP contribution in [-0.4, -0.2) is 4.98 Å². The smallest absolute Gasteiger partial charge is 0.129 e. The lowest BCUT2D eigenvalue weighted by Crippen LogP contribution is -1.94. The van der Waals surface area contributed by atoms with Crippen molar-refractivity contribution in [1.82, 2.24) is 4.98 Å². The number of pyridine rings is 1. The van der Waals surface area contributed by atoms with Gasteiger partial charge in [0.2, 0.25) is 0 Å². The van der Waals surface area contributed by atoms with Crippen molar-refractivity contribution in [3.63, 3.8) is 0 Å². The van der Waals surface area contributed by atoms with E-state index >= 15 is 0 Å². The van der Waals surface area contributed by atoms with E-state index in [9.17, 15) is 0 Å². The maximum Gasteiger partial charge on any atom is 0.129 e. The first-order valence-electron chi connectivity index (χ1n) is 3.86. The summed E-state index contributed by atoms with van der Waals surface area (Å²) in [7, 11) is 0. The molecule has 0 saturated heterocycles. The van der Waals surface area contributed by atoms with Crippen LogP contribution in [0.15, 0.2) is 18.2 Å². The highest BCUT2D eigenvalue weighted by molar-refractivity contribution is 6.29. The van der Waals surface area contributed by atoms with E-state index in [0.29, 0.717) is 11.1 Å². The molecule has 0 saturated carbocycles. The Morgan fingerprint density at radius 1 is 1.55 bits per heavy atom. The Hall–Kier alpha value is -0.560. The third kappa shape index (κ3) is 2.19. The summed E-state index contributed by atoms with van der Waals surface area (Å²) in [5.41, 5.74) is 1.08. The molecule has 0 fully saturated rings.